The van der Waals surface area contributed by atoms with E-state index in [9.17, 15) is 9.50 Å². The summed E-state index contributed by atoms with van der Waals surface area (Å²) < 4.78 is 18.4. The van der Waals surface area contributed by atoms with Crippen molar-refractivity contribution in [1.29, 1.82) is 0 Å². The van der Waals surface area contributed by atoms with E-state index in [1.54, 1.807) is 12.1 Å². The van der Waals surface area contributed by atoms with Crippen LogP contribution in [0.5, 0.6) is 5.75 Å². The number of aliphatic hydroxyl groups is 1. The Hall–Kier alpha value is -0.740. The molecule has 1 aromatic rings. The number of aliphatic hydroxyl groups excluding tert-OH is 1. The maximum atomic E-state index is 12.7. The van der Waals surface area contributed by atoms with Crippen LogP contribution in [0.15, 0.2) is 24.3 Å². The van der Waals surface area contributed by atoms with Gasteiger partial charge in [-0.3, -0.25) is 0 Å². The first-order valence-electron chi connectivity index (χ1n) is 6.36. The lowest BCUT2D eigenvalue weighted by Gasteiger charge is -2.28. The summed E-state index contributed by atoms with van der Waals surface area (Å²) >= 11 is 1.98. The van der Waals surface area contributed by atoms with E-state index in [1.807, 2.05) is 11.8 Å². The molecule has 18 heavy (non-hydrogen) atoms. The summed E-state index contributed by atoms with van der Waals surface area (Å²) in [5.74, 6) is 3.51. The van der Waals surface area contributed by atoms with Crippen LogP contribution in [0.3, 0.4) is 0 Å². The van der Waals surface area contributed by atoms with Crippen LogP contribution in [0.2, 0.25) is 0 Å². The molecular formula is C14H19FO2S. The Balaban J connectivity index is 1.84. The van der Waals surface area contributed by atoms with E-state index >= 15 is 0 Å². The number of thioether (sulfide) groups is 1. The van der Waals surface area contributed by atoms with Crippen molar-refractivity contribution in [2.24, 2.45) is 11.8 Å². The fourth-order valence-electron chi connectivity index (χ4n) is 2.26. The molecule has 1 N–H and O–H groups in total. The molecule has 1 unspecified atom stereocenters. The van der Waals surface area contributed by atoms with Gasteiger partial charge in [-0.1, -0.05) is 0 Å². The Bertz CT molecular complexity index is 349. The third kappa shape index (κ3) is 3.89. The van der Waals surface area contributed by atoms with E-state index < -0.39 is 0 Å². The van der Waals surface area contributed by atoms with Gasteiger partial charge in [0.15, 0.2) is 0 Å². The smallest absolute Gasteiger partial charge is 0.123 e. The van der Waals surface area contributed by atoms with Crippen LogP contribution in [0.25, 0.3) is 0 Å². The predicted molar refractivity (Wildman–Crippen MR) is 72.5 cm³/mol. The summed E-state index contributed by atoms with van der Waals surface area (Å²) in [5, 5.41) is 9.45. The molecular weight excluding hydrogens is 251 g/mol. The zero-order chi connectivity index (χ0) is 12.8. The standard InChI is InChI=1S/C14H19FO2S/c15-13-1-3-14(4-2-13)17-10-12(9-16)11-5-7-18-8-6-11/h1-4,11-12,16H,5-10H2. The van der Waals surface area contributed by atoms with Gasteiger partial charge >= 0.3 is 0 Å². The van der Waals surface area contributed by atoms with Gasteiger partial charge in [0, 0.05) is 12.5 Å². The molecule has 0 amide bonds. The lowest BCUT2D eigenvalue weighted by molar-refractivity contribution is 0.113. The maximum absolute atomic E-state index is 12.7. The highest BCUT2D eigenvalue weighted by Crippen LogP contribution is 2.29. The Morgan fingerprint density at radius 1 is 1.28 bits per heavy atom. The number of hydrogen-bond donors (Lipinski definition) is 1. The number of benzene rings is 1. The Morgan fingerprint density at radius 3 is 2.56 bits per heavy atom. The van der Waals surface area contributed by atoms with Crippen molar-refractivity contribution in [3.8, 4) is 5.75 Å². The van der Waals surface area contributed by atoms with Crippen LogP contribution in [-0.4, -0.2) is 29.8 Å². The molecule has 0 aromatic heterocycles. The van der Waals surface area contributed by atoms with Crippen molar-refractivity contribution >= 4 is 11.8 Å². The van der Waals surface area contributed by atoms with Crippen molar-refractivity contribution in [1.82, 2.24) is 0 Å². The number of rotatable bonds is 5. The first-order valence-corrected chi connectivity index (χ1v) is 7.52. The first-order chi connectivity index (χ1) is 8.79. The molecule has 1 aliphatic rings. The van der Waals surface area contributed by atoms with Crippen LogP contribution in [0, 0.1) is 17.7 Å². The second-order valence-electron chi connectivity index (χ2n) is 4.66. The van der Waals surface area contributed by atoms with Gasteiger partial charge in [-0.15, -0.1) is 0 Å². The average Bonchev–Trinajstić information content (AvgIpc) is 2.43. The summed E-state index contributed by atoms with van der Waals surface area (Å²) in [6.45, 7) is 0.675. The zero-order valence-electron chi connectivity index (χ0n) is 10.3. The SMILES string of the molecule is OCC(COc1ccc(F)cc1)C1CCSCC1. The molecule has 1 aliphatic heterocycles. The normalized spacial score (nSPS) is 18.6. The lowest BCUT2D eigenvalue weighted by atomic mass is 9.88. The minimum absolute atomic E-state index is 0.163. The van der Waals surface area contributed by atoms with Crippen molar-refractivity contribution in [2.75, 3.05) is 24.7 Å². The summed E-state index contributed by atoms with van der Waals surface area (Å²) in [6, 6.07) is 6.03. The molecule has 100 valence electrons. The van der Waals surface area contributed by atoms with E-state index in [0.717, 1.165) is 12.8 Å². The average molecular weight is 270 g/mol. The highest BCUT2D eigenvalue weighted by atomic mass is 32.2. The monoisotopic (exact) mass is 270 g/mol. The van der Waals surface area contributed by atoms with Gasteiger partial charge in [0.1, 0.15) is 11.6 Å². The third-order valence-corrected chi connectivity index (χ3v) is 4.49. The molecule has 1 aromatic carbocycles. The van der Waals surface area contributed by atoms with Crippen molar-refractivity contribution in [2.45, 2.75) is 12.8 Å². The summed E-state index contributed by atoms with van der Waals surface area (Å²) in [4.78, 5) is 0. The first kappa shape index (κ1) is 13.7. The van der Waals surface area contributed by atoms with Crippen molar-refractivity contribution in [3.05, 3.63) is 30.1 Å². The van der Waals surface area contributed by atoms with Crippen LogP contribution in [-0.2, 0) is 0 Å². The quantitative estimate of drug-likeness (QED) is 0.892. The van der Waals surface area contributed by atoms with Gasteiger partial charge in [0.2, 0.25) is 0 Å². The third-order valence-electron chi connectivity index (χ3n) is 3.44. The van der Waals surface area contributed by atoms with E-state index in [1.165, 1.54) is 23.6 Å². The van der Waals surface area contributed by atoms with Crippen molar-refractivity contribution < 1.29 is 14.2 Å². The maximum Gasteiger partial charge on any atom is 0.123 e. The minimum Gasteiger partial charge on any atom is -0.493 e. The highest BCUT2D eigenvalue weighted by molar-refractivity contribution is 7.99. The topological polar surface area (TPSA) is 29.5 Å². The lowest BCUT2D eigenvalue weighted by Crippen LogP contribution is -2.28. The molecule has 0 spiro atoms. The molecule has 1 saturated heterocycles. The molecule has 0 saturated carbocycles. The molecule has 2 nitrogen and oxygen atoms in total. The van der Waals surface area contributed by atoms with E-state index in [-0.39, 0.29) is 18.3 Å². The van der Waals surface area contributed by atoms with E-state index in [2.05, 4.69) is 0 Å². The zero-order valence-corrected chi connectivity index (χ0v) is 11.2. The van der Waals surface area contributed by atoms with Gasteiger partial charge in [-0.25, -0.2) is 4.39 Å². The number of ether oxygens (including phenoxy) is 1. The van der Waals surface area contributed by atoms with Crippen LogP contribution in [0.4, 0.5) is 4.39 Å². The molecule has 1 fully saturated rings. The van der Waals surface area contributed by atoms with Gasteiger partial charge in [-0.2, -0.15) is 11.8 Å². The molecule has 0 aliphatic carbocycles. The molecule has 1 heterocycles. The molecule has 2 rings (SSSR count). The van der Waals surface area contributed by atoms with Gasteiger partial charge in [0.05, 0.1) is 6.61 Å². The van der Waals surface area contributed by atoms with Gasteiger partial charge in [0.25, 0.3) is 0 Å². The Kier molecular flexibility index (Phi) is 5.32. The Labute approximate surface area is 112 Å². The second kappa shape index (κ2) is 7.00. The molecule has 0 radical (unpaired) electrons. The highest BCUT2D eigenvalue weighted by Gasteiger charge is 2.23. The van der Waals surface area contributed by atoms with E-state index in [0.29, 0.717) is 18.3 Å². The fourth-order valence-corrected chi connectivity index (χ4v) is 3.40. The van der Waals surface area contributed by atoms with Crippen LogP contribution >= 0.6 is 11.8 Å². The minimum atomic E-state index is -0.259. The Morgan fingerprint density at radius 2 is 1.94 bits per heavy atom. The number of hydrogen-bond acceptors (Lipinski definition) is 3. The summed E-state index contributed by atoms with van der Waals surface area (Å²) in [6.07, 6.45) is 2.31. The predicted octanol–water partition coefficient (Wildman–Crippen LogP) is 2.96. The second-order valence-corrected chi connectivity index (χ2v) is 5.88. The fraction of sp³-hybridized carbons (Fsp3) is 0.571. The number of halogens is 1. The summed E-state index contributed by atoms with van der Waals surface area (Å²) in [7, 11) is 0. The molecule has 1 atom stereocenters. The molecule has 0 bridgehead atoms. The van der Waals surface area contributed by atoms with Crippen molar-refractivity contribution in [3.63, 3.8) is 0 Å². The van der Waals surface area contributed by atoms with Crippen LogP contribution in [0.1, 0.15) is 12.8 Å². The van der Waals surface area contributed by atoms with E-state index in [4.69, 9.17) is 4.74 Å². The largest absolute Gasteiger partial charge is 0.493 e. The van der Waals surface area contributed by atoms with Crippen LogP contribution < -0.4 is 4.74 Å². The molecule has 4 heteroatoms. The van der Waals surface area contributed by atoms with Gasteiger partial charge < -0.3 is 9.84 Å². The van der Waals surface area contributed by atoms with Gasteiger partial charge in [-0.05, 0) is 54.5 Å². The summed E-state index contributed by atoms with van der Waals surface area (Å²) in [5.41, 5.74) is 0.